The Kier molecular flexibility index (Phi) is 7.59. The molecule has 7 nitrogen and oxygen atoms in total. The summed E-state index contributed by atoms with van der Waals surface area (Å²) in [6.07, 6.45) is 0.945. The molecule has 0 radical (unpaired) electrons. The fourth-order valence-electron chi connectivity index (χ4n) is 3.24. The molecule has 168 valence electrons. The lowest BCUT2D eigenvalue weighted by Gasteiger charge is -2.18. The number of benzene rings is 2. The second-order valence-electron chi connectivity index (χ2n) is 7.89. The third kappa shape index (κ3) is 6.66. The van der Waals surface area contributed by atoms with E-state index < -0.39 is 12.0 Å². The molecule has 0 aliphatic carbocycles. The Morgan fingerprint density at radius 3 is 2.50 bits per heavy atom. The second-order valence-corrected chi connectivity index (χ2v) is 7.89. The molecule has 0 fully saturated rings. The summed E-state index contributed by atoms with van der Waals surface area (Å²) >= 11 is 0. The molecule has 32 heavy (non-hydrogen) atoms. The van der Waals surface area contributed by atoms with Gasteiger partial charge in [0.15, 0.2) is 0 Å². The lowest BCUT2D eigenvalue weighted by molar-refractivity contribution is -0.138. The molecule has 0 spiro atoms. The number of methoxy groups -OCH3 is 1. The van der Waals surface area contributed by atoms with Crippen LogP contribution in [0.15, 0.2) is 54.6 Å². The summed E-state index contributed by atoms with van der Waals surface area (Å²) in [5.41, 5.74) is 2.18. The quantitative estimate of drug-likeness (QED) is 0.415. The molecule has 3 rings (SSSR count). The predicted molar refractivity (Wildman–Crippen MR) is 122 cm³/mol. The third-order valence-electron chi connectivity index (χ3n) is 4.73. The number of anilines is 3. The van der Waals surface area contributed by atoms with E-state index in [1.807, 2.05) is 38.1 Å². The number of carbonyl (C=O) groups is 1. The third-order valence-corrected chi connectivity index (χ3v) is 4.73. The van der Waals surface area contributed by atoms with Crippen molar-refractivity contribution in [2.45, 2.75) is 32.7 Å². The molecule has 0 aliphatic heterocycles. The van der Waals surface area contributed by atoms with Crippen molar-refractivity contribution < 1.29 is 19.0 Å². The number of carboxylic acid groups (broad SMARTS) is 1. The maximum atomic E-state index is 13.6. The number of nitrogens with one attached hydrogen (secondary N) is 2. The van der Waals surface area contributed by atoms with Crippen LogP contribution in [-0.4, -0.2) is 34.2 Å². The average molecular weight is 439 g/mol. The molecule has 8 heteroatoms. The Hall–Kier alpha value is -3.68. The summed E-state index contributed by atoms with van der Waals surface area (Å²) < 4.78 is 18.8. The van der Waals surface area contributed by atoms with E-state index in [2.05, 4.69) is 20.6 Å². The number of hydrogen-bond acceptors (Lipinski definition) is 6. The first-order chi connectivity index (χ1) is 15.3. The van der Waals surface area contributed by atoms with Crippen molar-refractivity contribution in [3.05, 3.63) is 71.7 Å². The zero-order chi connectivity index (χ0) is 23.1. The SMILES string of the molecule is COc1ccc(Cc2cc(N[C@@H](CC(C)C)C(=O)O)nc(Nc3cccc(F)c3)n2)cc1. The van der Waals surface area contributed by atoms with Gasteiger partial charge in [0.2, 0.25) is 5.95 Å². The minimum atomic E-state index is -0.950. The molecular formula is C24H27FN4O3. The van der Waals surface area contributed by atoms with Crippen LogP contribution < -0.4 is 15.4 Å². The Balaban J connectivity index is 1.91. The van der Waals surface area contributed by atoms with Crippen molar-refractivity contribution in [3.8, 4) is 5.75 Å². The van der Waals surface area contributed by atoms with Crippen molar-refractivity contribution in [1.29, 1.82) is 0 Å². The van der Waals surface area contributed by atoms with E-state index in [0.717, 1.165) is 11.3 Å². The maximum Gasteiger partial charge on any atom is 0.326 e. The van der Waals surface area contributed by atoms with Gasteiger partial charge in [0, 0.05) is 18.2 Å². The number of hydrogen-bond donors (Lipinski definition) is 3. The van der Waals surface area contributed by atoms with Gasteiger partial charge in [0.25, 0.3) is 0 Å². The van der Waals surface area contributed by atoms with Crippen LogP contribution in [0.3, 0.4) is 0 Å². The van der Waals surface area contributed by atoms with Crippen molar-refractivity contribution in [1.82, 2.24) is 9.97 Å². The molecule has 0 amide bonds. The van der Waals surface area contributed by atoms with Gasteiger partial charge in [-0.05, 0) is 48.2 Å². The van der Waals surface area contributed by atoms with Crippen molar-refractivity contribution in [2.24, 2.45) is 5.92 Å². The molecule has 0 aliphatic rings. The van der Waals surface area contributed by atoms with E-state index in [1.165, 1.54) is 12.1 Å². The van der Waals surface area contributed by atoms with E-state index in [-0.39, 0.29) is 17.7 Å². The van der Waals surface area contributed by atoms with Gasteiger partial charge in [-0.3, -0.25) is 0 Å². The highest BCUT2D eigenvalue weighted by Crippen LogP contribution is 2.21. The summed E-state index contributed by atoms with van der Waals surface area (Å²) in [5, 5.41) is 15.6. The summed E-state index contributed by atoms with van der Waals surface area (Å²) in [7, 11) is 1.61. The standard InChI is InChI=1S/C24H27FN4O3/c1-15(2)11-21(23(30)31)28-22-14-19(12-16-7-9-20(32-3)10-8-16)27-24(29-22)26-18-6-4-5-17(25)13-18/h4-10,13-15,21H,11-12H2,1-3H3,(H,30,31)(H2,26,27,28,29)/t21-/m0/s1. The molecule has 1 atom stereocenters. The van der Waals surface area contributed by atoms with Gasteiger partial charge in [-0.1, -0.05) is 32.0 Å². The molecule has 2 aromatic carbocycles. The van der Waals surface area contributed by atoms with Crippen LogP contribution in [0.4, 0.5) is 21.8 Å². The van der Waals surface area contributed by atoms with Gasteiger partial charge in [-0.2, -0.15) is 4.98 Å². The van der Waals surface area contributed by atoms with Gasteiger partial charge < -0.3 is 20.5 Å². The Morgan fingerprint density at radius 2 is 1.88 bits per heavy atom. The topological polar surface area (TPSA) is 96.4 Å². The lowest BCUT2D eigenvalue weighted by atomic mass is 10.0. The number of nitrogens with zero attached hydrogens (tertiary/aromatic N) is 2. The molecule has 3 aromatic rings. The summed E-state index contributed by atoms with van der Waals surface area (Å²) in [6, 6.07) is 14.5. The number of aliphatic carboxylic acids is 1. The van der Waals surface area contributed by atoms with Gasteiger partial charge in [0.1, 0.15) is 23.4 Å². The highest BCUT2D eigenvalue weighted by Gasteiger charge is 2.20. The molecule has 0 bridgehead atoms. The number of rotatable bonds is 10. The fourth-order valence-corrected chi connectivity index (χ4v) is 3.24. The Bertz CT molecular complexity index is 1060. The average Bonchev–Trinajstić information content (AvgIpc) is 2.73. The predicted octanol–water partition coefficient (Wildman–Crippen LogP) is 4.87. The Morgan fingerprint density at radius 1 is 1.12 bits per heavy atom. The number of aromatic nitrogens is 2. The van der Waals surface area contributed by atoms with Gasteiger partial charge in [-0.25, -0.2) is 14.2 Å². The Labute approximate surface area is 186 Å². The van der Waals surface area contributed by atoms with Gasteiger partial charge >= 0.3 is 5.97 Å². The molecular weight excluding hydrogens is 411 g/mol. The van der Waals surface area contributed by atoms with E-state index in [4.69, 9.17) is 4.74 Å². The highest BCUT2D eigenvalue weighted by atomic mass is 19.1. The molecule has 0 unspecified atom stereocenters. The monoisotopic (exact) mass is 438 g/mol. The van der Waals surface area contributed by atoms with Crippen LogP contribution in [0.5, 0.6) is 5.75 Å². The van der Waals surface area contributed by atoms with E-state index >= 15 is 0 Å². The maximum absolute atomic E-state index is 13.6. The zero-order valence-corrected chi connectivity index (χ0v) is 18.3. The normalized spacial score (nSPS) is 11.8. The van der Waals surface area contributed by atoms with Crippen LogP contribution in [0.1, 0.15) is 31.5 Å². The van der Waals surface area contributed by atoms with Gasteiger partial charge in [0.05, 0.1) is 12.8 Å². The number of halogens is 1. The first-order valence-electron chi connectivity index (χ1n) is 10.3. The first-order valence-corrected chi connectivity index (χ1v) is 10.3. The number of carboxylic acids is 1. The van der Waals surface area contributed by atoms with Crippen LogP contribution >= 0.6 is 0 Å². The van der Waals surface area contributed by atoms with Crippen LogP contribution in [0.2, 0.25) is 0 Å². The fraction of sp³-hybridized carbons (Fsp3) is 0.292. The van der Waals surface area contributed by atoms with Gasteiger partial charge in [-0.15, -0.1) is 0 Å². The molecule has 1 aromatic heterocycles. The summed E-state index contributed by atoms with van der Waals surface area (Å²) in [4.78, 5) is 20.7. The highest BCUT2D eigenvalue weighted by molar-refractivity contribution is 5.77. The first kappa shape index (κ1) is 23.0. The molecule has 1 heterocycles. The molecule has 0 saturated carbocycles. The summed E-state index contributed by atoms with van der Waals surface area (Å²) in [5.74, 6) is 0.242. The number of ether oxygens (including phenoxy) is 1. The largest absolute Gasteiger partial charge is 0.497 e. The summed E-state index contributed by atoms with van der Waals surface area (Å²) in [6.45, 7) is 3.92. The van der Waals surface area contributed by atoms with Crippen molar-refractivity contribution in [2.75, 3.05) is 17.7 Å². The second kappa shape index (κ2) is 10.6. The van der Waals surface area contributed by atoms with E-state index in [9.17, 15) is 14.3 Å². The van der Waals surface area contributed by atoms with E-state index in [0.29, 0.717) is 30.0 Å². The molecule has 3 N–H and O–H groups in total. The molecule has 0 saturated heterocycles. The minimum Gasteiger partial charge on any atom is -0.497 e. The zero-order valence-electron chi connectivity index (χ0n) is 18.3. The van der Waals surface area contributed by atoms with Crippen molar-refractivity contribution in [3.63, 3.8) is 0 Å². The van der Waals surface area contributed by atoms with Crippen LogP contribution in [-0.2, 0) is 11.2 Å². The van der Waals surface area contributed by atoms with Crippen LogP contribution in [0.25, 0.3) is 0 Å². The van der Waals surface area contributed by atoms with Crippen LogP contribution in [0, 0.1) is 11.7 Å². The van der Waals surface area contributed by atoms with E-state index in [1.54, 1.807) is 25.3 Å². The van der Waals surface area contributed by atoms with Crippen molar-refractivity contribution >= 4 is 23.4 Å². The minimum absolute atomic E-state index is 0.189. The smallest absolute Gasteiger partial charge is 0.326 e. The lowest BCUT2D eigenvalue weighted by Crippen LogP contribution is -2.31.